The van der Waals surface area contributed by atoms with E-state index in [1.165, 1.54) is 13.8 Å². The van der Waals surface area contributed by atoms with Crippen molar-refractivity contribution < 1.29 is 24.5 Å². The molecule has 0 saturated heterocycles. The Morgan fingerprint density at radius 1 is 1.03 bits per heavy atom. The van der Waals surface area contributed by atoms with Crippen LogP contribution in [0.25, 0.3) is 11.1 Å². The third-order valence-corrected chi connectivity index (χ3v) is 6.68. The highest BCUT2D eigenvalue weighted by atomic mass is 31.2. The van der Waals surface area contributed by atoms with Gasteiger partial charge in [0.2, 0.25) is 11.4 Å². The van der Waals surface area contributed by atoms with Crippen LogP contribution in [-0.2, 0) is 16.0 Å². The standard InChI is InChI=1S/C21H25N2O5P/c1-14(21(25)26)23-20(24)19(13-29(27,28)15(2)22)12-16-8-10-18(11-9-16)17-6-4-3-5-7-17/h3-11,14,19,22,27-28H,12-13H2,1-2H3,(H-,23,24,25,26)/p+1/t14-,19?/m0/s1. The molecule has 5 N–H and O–H groups in total. The van der Waals surface area contributed by atoms with Crippen LogP contribution < -0.4 is 5.32 Å². The highest BCUT2D eigenvalue weighted by Crippen LogP contribution is 2.52. The number of aliphatic carboxylic acids is 1. The number of carbonyl (C=O) groups excluding carboxylic acids is 1. The summed E-state index contributed by atoms with van der Waals surface area (Å²) in [5.41, 5.74) is 2.59. The lowest BCUT2D eigenvalue weighted by molar-refractivity contribution is -0.141. The van der Waals surface area contributed by atoms with E-state index in [-0.39, 0.29) is 18.0 Å². The molecule has 0 spiro atoms. The molecule has 0 heterocycles. The lowest BCUT2D eigenvalue weighted by atomic mass is 9.97. The Hall–Kier alpha value is -2.60. The van der Waals surface area contributed by atoms with Crippen LogP contribution >= 0.6 is 7.72 Å². The Morgan fingerprint density at radius 3 is 2.10 bits per heavy atom. The zero-order chi connectivity index (χ0) is 21.6. The molecule has 7 nitrogen and oxygen atoms in total. The second kappa shape index (κ2) is 9.74. The molecule has 154 valence electrons. The van der Waals surface area contributed by atoms with E-state index in [0.717, 1.165) is 16.7 Å². The van der Waals surface area contributed by atoms with Crippen LogP contribution in [0.5, 0.6) is 0 Å². The van der Waals surface area contributed by atoms with Crippen molar-refractivity contribution in [2.75, 3.05) is 6.16 Å². The first-order valence-corrected chi connectivity index (χ1v) is 11.0. The molecule has 0 fully saturated rings. The second-order valence-electron chi connectivity index (χ2n) is 7.03. The van der Waals surface area contributed by atoms with Crippen LogP contribution in [0.15, 0.2) is 54.6 Å². The molecule has 0 aliphatic heterocycles. The van der Waals surface area contributed by atoms with E-state index in [4.69, 9.17) is 10.5 Å². The summed E-state index contributed by atoms with van der Waals surface area (Å²) >= 11 is 0. The molecular weight excluding hydrogens is 391 g/mol. The molecule has 1 unspecified atom stereocenters. The maximum absolute atomic E-state index is 12.6. The molecule has 0 radical (unpaired) electrons. The highest BCUT2D eigenvalue weighted by Gasteiger charge is 2.42. The zero-order valence-electron chi connectivity index (χ0n) is 16.4. The van der Waals surface area contributed by atoms with Crippen LogP contribution in [0.4, 0.5) is 0 Å². The van der Waals surface area contributed by atoms with Gasteiger partial charge in [0.05, 0.1) is 5.92 Å². The minimum atomic E-state index is -3.71. The first-order chi connectivity index (χ1) is 13.6. The molecule has 0 bridgehead atoms. The number of carboxylic acids is 1. The predicted octanol–water partition coefficient (Wildman–Crippen LogP) is 2.93. The summed E-state index contributed by atoms with van der Waals surface area (Å²) in [6.45, 7) is 2.63. The first-order valence-electron chi connectivity index (χ1n) is 9.17. The van der Waals surface area contributed by atoms with Gasteiger partial charge in [0.15, 0.2) is 0 Å². The number of benzene rings is 2. The van der Waals surface area contributed by atoms with Crippen LogP contribution in [0, 0.1) is 11.3 Å². The fourth-order valence-corrected chi connectivity index (χ4v) is 4.01. The number of amides is 1. The lowest BCUT2D eigenvalue weighted by Gasteiger charge is -2.20. The Bertz CT molecular complexity index is 868. The molecule has 2 aromatic rings. The van der Waals surface area contributed by atoms with E-state index in [9.17, 15) is 19.4 Å². The average Bonchev–Trinajstić information content (AvgIpc) is 2.68. The van der Waals surface area contributed by atoms with Crippen LogP contribution in [-0.4, -0.2) is 44.4 Å². The summed E-state index contributed by atoms with van der Waals surface area (Å²) in [5, 5.41) is 19.0. The van der Waals surface area contributed by atoms with E-state index < -0.39 is 31.6 Å². The van der Waals surface area contributed by atoms with Gasteiger partial charge in [-0.05, 0) is 30.0 Å². The number of hydrogen-bond acceptors (Lipinski definition) is 5. The summed E-state index contributed by atoms with van der Waals surface area (Å²) in [7, 11) is -3.71. The molecule has 0 aliphatic carbocycles. The van der Waals surface area contributed by atoms with Gasteiger partial charge in [-0.25, -0.2) is 9.79 Å². The Morgan fingerprint density at radius 2 is 1.59 bits per heavy atom. The van der Waals surface area contributed by atoms with Crippen molar-refractivity contribution in [1.29, 1.82) is 5.41 Å². The van der Waals surface area contributed by atoms with Gasteiger partial charge in [-0.3, -0.25) is 15.0 Å². The number of nitrogens with one attached hydrogen (secondary N) is 2. The van der Waals surface area contributed by atoms with Crippen molar-refractivity contribution in [3.8, 4) is 11.1 Å². The molecule has 0 aromatic heterocycles. The van der Waals surface area contributed by atoms with Gasteiger partial charge in [0, 0.05) is 6.92 Å². The topological polar surface area (TPSA) is 131 Å². The number of rotatable bonds is 9. The fourth-order valence-electron chi connectivity index (χ4n) is 2.83. The molecular formula is C21H26N2O5P+. The molecule has 29 heavy (non-hydrogen) atoms. The maximum Gasteiger partial charge on any atom is 0.325 e. The summed E-state index contributed by atoms with van der Waals surface area (Å²) in [6, 6.07) is 16.2. The average molecular weight is 417 g/mol. The number of hydrogen-bond donors (Lipinski definition) is 5. The van der Waals surface area contributed by atoms with E-state index in [2.05, 4.69) is 5.32 Å². The molecule has 2 aromatic carbocycles. The minimum Gasteiger partial charge on any atom is -0.480 e. The van der Waals surface area contributed by atoms with E-state index in [1.807, 2.05) is 54.6 Å². The van der Waals surface area contributed by atoms with Crippen LogP contribution in [0.3, 0.4) is 0 Å². The second-order valence-corrected chi connectivity index (χ2v) is 9.53. The normalized spacial score (nSPS) is 13.4. The largest absolute Gasteiger partial charge is 0.480 e. The van der Waals surface area contributed by atoms with Crippen LogP contribution in [0.2, 0.25) is 0 Å². The monoisotopic (exact) mass is 417 g/mol. The quantitative estimate of drug-likeness (QED) is 0.316. The third-order valence-electron chi connectivity index (χ3n) is 4.66. The van der Waals surface area contributed by atoms with Gasteiger partial charge >= 0.3 is 13.7 Å². The van der Waals surface area contributed by atoms with Gasteiger partial charge in [-0.1, -0.05) is 54.6 Å². The molecule has 2 rings (SSSR count). The summed E-state index contributed by atoms with van der Waals surface area (Å²) in [4.78, 5) is 44.0. The maximum atomic E-state index is 12.6. The summed E-state index contributed by atoms with van der Waals surface area (Å²) in [6.07, 6.45) is -0.107. The first kappa shape index (κ1) is 22.7. The van der Waals surface area contributed by atoms with Crippen molar-refractivity contribution in [3.05, 3.63) is 60.2 Å². The predicted molar refractivity (Wildman–Crippen MR) is 114 cm³/mol. The van der Waals surface area contributed by atoms with Gasteiger partial charge in [0.25, 0.3) is 0 Å². The van der Waals surface area contributed by atoms with Gasteiger partial charge < -0.3 is 10.4 Å². The Labute approximate surface area is 170 Å². The highest BCUT2D eigenvalue weighted by molar-refractivity contribution is 7.81. The summed E-state index contributed by atoms with van der Waals surface area (Å²) in [5.74, 6) is -2.63. The SMILES string of the molecule is CC(=N)[P+](O)(O)CC(Cc1ccc(-c2ccccc2)cc1)C(=O)N[C@@H](C)C(=O)O. The van der Waals surface area contributed by atoms with Crippen molar-refractivity contribution >= 4 is 25.0 Å². The van der Waals surface area contributed by atoms with Gasteiger partial charge in [0.1, 0.15) is 12.2 Å². The zero-order valence-corrected chi connectivity index (χ0v) is 17.3. The van der Waals surface area contributed by atoms with E-state index in [0.29, 0.717) is 0 Å². The lowest BCUT2D eigenvalue weighted by Crippen LogP contribution is -2.43. The van der Waals surface area contributed by atoms with E-state index >= 15 is 0 Å². The molecule has 8 heteroatoms. The fraction of sp³-hybridized carbons (Fsp3) is 0.286. The third kappa shape index (κ3) is 6.46. The molecule has 0 saturated carbocycles. The van der Waals surface area contributed by atoms with Gasteiger partial charge in [-0.15, -0.1) is 0 Å². The van der Waals surface area contributed by atoms with Crippen LogP contribution in [0.1, 0.15) is 19.4 Å². The molecule has 1 amide bonds. The van der Waals surface area contributed by atoms with Gasteiger partial charge in [-0.2, -0.15) is 0 Å². The van der Waals surface area contributed by atoms with Crippen molar-refractivity contribution in [1.82, 2.24) is 5.32 Å². The minimum absolute atomic E-state index is 0.198. The smallest absolute Gasteiger partial charge is 0.325 e. The molecule has 2 atom stereocenters. The van der Waals surface area contributed by atoms with Crippen molar-refractivity contribution in [2.45, 2.75) is 26.3 Å². The Balaban J connectivity index is 2.21. The molecule has 0 aliphatic rings. The number of carbonyl (C=O) groups is 2. The number of carboxylic acid groups (broad SMARTS) is 1. The van der Waals surface area contributed by atoms with Crippen molar-refractivity contribution in [2.24, 2.45) is 5.92 Å². The summed E-state index contributed by atoms with van der Waals surface area (Å²) < 4.78 is 0. The Kier molecular flexibility index (Phi) is 7.62. The van der Waals surface area contributed by atoms with Crippen molar-refractivity contribution in [3.63, 3.8) is 0 Å². The van der Waals surface area contributed by atoms with E-state index in [1.54, 1.807) is 0 Å².